The van der Waals surface area contributed by atoms with Crippen molar-refractivity contribution in [2.75, 3.05) is 17.3 Å². The van der Waals surface area contributed by atoms with E-state index in [0.29, 0.717) is 6.42 Å². The summed E-state index contributed by atoms with van der Waals surface area (Å²) in [5.74, 6) is 0.0723. The van der Waals surface area contributed by atoms with Gasteiger partial charge >= 0.3 is 0 Å². The molecule has 140 valence electrons. The second-order valence-corrected chi connectivity index (χ2v) is 7.42. The topological polar surface area (TPSA) is 45.2 Å². The molecule has 1 aromatic heterocycles. The van der Waals surface area contributed by atoms with Gasteiger partial charge in [-0.25, -0.2) is 4.98 Å². The maximum Gasteiger partial charge on any atom is 0.224 e. The van der Waals surface area contributed by atoms with Crippen molar-refractivity contribution in [1.82, 2.24) is 4.98 Å². The molecule has 1 heterocycles. The first kappa shape index (κ1) is 19.1. The second-order valence-electron chi connectivity index (χ2n) is 6.59. The molecule has 0 bridgehead atoms. The lowest BCUT2D eigenvalue weighted by atomic mass is 10.1. The van der Waals surface area contributed by atoms with E-state index >= 15 is 0 Å². The van der Waals surface area contributed by atoms with Gasteiger partial charge in [-0.15, -0.1) is 11.3 Å². The van der Waals surface area contributed by atoms with Gasteiger partial charge < -0.3 is 10.2 Å². The second kappa shape index (κ2) is 9.33. The minimum atomic E-state index is 0.0723. The maximum atomic E-state index is 11.8. The number of nitrogens with one attached hydrogen (secondary N) is 1. The van der Waals surface area contributed by atoms with Crippen molar-refractivity contribution in [3.8, 4) is 11.3 Å². The first-order valence-electron chi connectivity index (χ1n) is 9.26. The van der Waals surface area contributed by atoms with Gasteiger partial charge in [0.05, 0.1) is 5.69 Å². The van der Waals surface area contributed by atoms with Gasteiger partial charge in [0.15, 0.2) is 5.13 Å². The average Bonchev–Trinajstić information content (AvgIpc) is 3.18. The van der Waals surface area contributed by atoms with Crippen LogP contribution in [0.3, 0.4) is 0 Å². The smallest absolute Gasteiger partial charge is 0.224 e. The predicted molar refractivity (Wildman–Crippen MR) is 114 cm³/mol. The van der Waals surface area contributed by atoms with Crippen LogP contribution in [0.2, 0.25) is 0 Å². The van der Waals surface area contributed by atoms with Crippen molar-refractivity contribution < 1.29 is 4.79 Å². The number of benzene rings is 2. The maximum absolute atomic E-state index is 11.8. The highest BCUT2D eigenvalue weighted by Gasteiger charge is 2.09. The molecule has 1 N–H and O–H groups in total. The van der Waals surface area contributed by atoms with Crippen LogP contribution in [-0.2, 0) is 11.3 Å². The Morgan fingerprint density at radius 2 is 1.85 bits per heavy atom. The highest BCUT2D eigenvalue weighted by molar-refractivity contribution is 7.14. The molecule has 0 fully saturated rings. The minimum absolute atomic E-state index is 0.0723. The van der Waals surface area contributed by atoms with E-state index in [1.54, 1.807) is 11.3 Å². The third-order valence-electron chi connectivity index (χ3n) is 4.30. The summed E-state index contributed by atoms with van der Waals surface area (Å²) in [6.45, 7) is 2.91. The van der Waals surface area contributed by atoms with Crippen LogP contribution in [0.1, 0.15) is 31.7 Å². The quantitative estimate of drug-likeness (QED) is 0.556. The van der Waals surface area contributed by atoms with E-state index in [4.69, 9.17) is 4.98 Å². The predicted octanol–water partition coefficient (Wildman–Crippen LogP) is 5.58. The lowest BCUT2D eigenvalue weighted by molar-refractivity contribution is -0.116. The Balaban J connectivity index is 1.63. The number of anilines is 2. The molecule has 3 aromatic rings. The van der Waals surface area contributed by atoms with Gasteiger partial charge in [0.1, 0.15) is 0 Å². The molecule has 3 rings (SSSR count). The van der Waals surface area contributed by atoms with Crippen LogP contribution in [0.5, 0.6) is 0 Å². The Kier molecular flexibility index (Phi) is 6.60. The first-order chi connectivity index (χ1) is 13.2. The number of carbonyl (C=O) groups excluding carboxylic acids is 1. The fourth-order valence-electron chi connectivity index (χ4n) is 2.78. The SMILES string of the molecule is CCCCC(=O)Nc1ccc(-c2csc(N(C)Cc3ccccc3)n2)cc1. The number of carbonyl (C=O) groups is 1. The molecular formula is C22H25N3OS. The third-order valence-corrected chi connectivity index (χ3v) is 5.26. The molecule has 0 radical (unpaired) electrons. The molecule has 5 heteroatoms. The number of amides is 1. The standard InChI is InChI=1S/C22H25N3OS/c1-3-4-10-21(26)23-19-13-11-18(12-14-19)20-16-27-22(24-20)25(2)15-17-8-6-5-7-9-17/h5-9,11-14,16H,3-4,10,15H2,1-2H3,(H,23,26). The van der Waals surface area contributed by atoms with Gasteiger partial charge in [-0.05, 0) is 24.1 Å². The summed E-state index contributed by atoms with van der Waals surface area (Å²) in [6, 6.07) is 18.3. The molecule has 0 saturated heterocycles. The van der Waals surface area contributed by atoms with Crippen LogP contribution in [0.25, 0.3) is 11.3 Å². The minimum Gasteiger partial charge on any atom is -0.347 e. The monoisotopic (exact) mass is 379 g/mol. The third kappa shape index (κ3) is 5.41. The first-order valence-corrected chi connectivity index (χ1v) is 10.1. The molecule has 4 nitrogen and oxygen atoms in total. The number of hydrogen-bond acceptors (Lipinski definition) is 4. The van der Waals surface area contributed by atoms with Gasteiger partial charge in [0.25, 0.3) is 0 Å². The van der Waals surface area contributed by atoms with E-state index in [2.05, 4.69) is 53.8 Å². The Morgan fingerprint density at radius 3 is 2.56 bits per heavy atom. The van der Waals surface area contributed by atoms with Crippen LogP contribution in [-0.4, -0.2) is 17.9 Å². The summed E-state index contributed by atoms with van der Waals surface area (Å²) in [7, 11) is 2.06. The number of thiazole rings is 1. The summed E-state index contributed by atoms with van der Waals surface area (Å²) in [5, 5.41) is 6.01. The summed E-state index contributed by atoms with van der Waals surface area (Å²) in [5.41, 5.74) is 4.10. The summed E-state index contributed by atoms with van der Waals surface area (Å²) < 4.78 is 0. The summed E-state index contributed by atoms with van der Waals surface area (Å²) >= 11 is 1.64. The Bertz CT molecular complexity index is 859. The molecule has 0 spiro atoms. The van der Waals surface area contributed by atoms with Crippen molar-refractivity contribution in [1.29, 1.82) is 0 Å². The van der Waals surface area contributed by atoms with E-state index < -0.39 is 0 Å². The van der Waals surface area contributed by atoms with E-state index in [0.717, 1.165) is 41.5 Å². The molecule has 0 unspecified atom stereocenters. The van der Waals surface area contributed by atoms with Crippen molar-refractivity contribution in [2.45, 2.75) is 32.7 Å². The van der Waals surface area contributed by atoms with Crippen molar-refractivity contribution in [3.05, 3.63) is 65.5 Å². The largest absolute Gasteiger partial charge is 0.347 e. The molecule has 0 aliphatic rings. The van der Waals surface area contributed by atoms with Gasteiger partial charge in [-0.1, -0.05) is 55.8 Å². The van der Waals surface area contributed by atoms with E-state index in [9.17, 15) is 4.79 Å². The fraction of sp³-hybridized carbons (Fsp3) is 0.273. The molecule has 2 aromatic carbocycles. The Hall–Kier alpha value is -2.66. The average molecular weight is 380 g/mol. The zero-order valence-electron chi connectivity index (χ0n) is 15.8. The molecular weight excluding hydrogens is 354 g/mol. The van der Waals surface area contributed by atoms with Crippen LogP contribution in [0, 0.1) is 0 Å². The molecule has 0 aliphatic heterocycles. The van der Waals surface area contributed by atoms with Crippen LogP contribution < -0.4 is 10.2 Å². The number of aromatic nitrogens is 1. The van der Waals surface area contributed by atoms with Crippen molar-refractivity contribution >= 4 is 28.1 Å². The van der Waals surface area contributed by atoms with Crippen LogP contribution >= 0.6 is 11.3 Å². The number of rotatable bonds is 8. The normalized spacial score (nSPS) is 10.6. The van der Waals surface area contributed by atoms with Crippen LogP contribution in [0.4, 0.5) is 10.8 Å². The highest BCUT2D eigenvalue weighted by Crippen LogP contribution is 2.28. The van der Waals surface area contributed by atoms with Crippen LogP contribution in [0.15, 0.2) is 60.0 Å². The van der Waals surface area contributed by atoms with E-state index in [-0.39, 0.29) is 5.91 Å². The molecule has 0 saturated carbocycles. The summed E-state index contributed by atoms with van der Waals surface area (Å²) in [6.07, 6.45) is 2.51. The number of nitrogens with zero attached hydrogens (tertiary/aromatic N) is 2. The van der Waals surface area contributed by atoms with Gasteiger partial charge in [-0.3, -0.25) is 4.79 Å². The fourth-order valence-corrected chi connectivity index (χ4v) is 3.58. The lowest BCUT2D eigenvalue weighted by Crippen LogP contribution is -2.15. The van der Waals surface area contributed by atoms with Gasteiger partial charge in [-0.2, -0.15) is 0 Å². The van der Waals surface area contributed by atoms with E-state index in [1.165, 1.54) is 5.56 Å². The number of hydrogen-bond donors (Lipinski definition) is 1. The zero-order chi connectivity index (χ0) is 19.1. The van der Waals surface area contributed by atoms with Crippen molar-refractivity contribution in [2.24, 2.45) is 0 Å². The number of unbranched alkanes of at least 4 members (excludes halogenated alkanes) is 1. The van der Waals surface area contributed by atoms with Gasteiger partial charge in [0, 0.05) is 36.6 Å². The zero-order valence-corrected chi connectivity index (χ0v) is 16.6. The van der Waals surface area contributed by atoms with Gasteiger partial charge in [0.2, 0.25) is 5.91 Å². The molecule has 0 atom stereocenters. The van der Waals surface area contributed by atoms with Crippen molar-refractivity contribution in [3.63, 3.8) is 0 Å². The van der Waals surface area contributed by atoms with E-state index in [1.807, 2.05) is 30.3 Å². The Morgan fingerprint density at radius 1 is 1.11 bits per heavy atom. The Labute approximate surface area is 164 Å². The highest BCUT2D eigenvalue weighted by atomic mass is 32.1. The summed E-state index contributed by atoms with van der Waals surface area (Å²) in [4.78, 5) is 18.8. The molecule has 1 amide bonds. The molecule has 0 aliphatic carbocycles. The lowest BCUT2D eigenvalue weighted by Gasteiger charge is -2.15. The molecule has 27 heavy (non-hydrogen) atoms.